The van der Waals surface area contributed by atoms with Gasteiger partial charge in [-0.15, -0.1) is 0 Å². The van der Waals surface area contributed by atoms with E-state index in [0.717, 1.165) is 6.29 Å². The van der Waals surface area contributed by atoms with Crippen LogP contribution in [0.15, 0.2) is 0 Å². The minimum absolute atomic E-state index is 0.0735. The molecule has 17 heteroatoms. The lowest BCUT2D eigenvalue weighted by Crippen LogP contribution is -2.59. The number of hydrogen-bond acceptors (Lipinski definition) is 16. The molecule has 0 aliphatic carbocycles. The molecule has 12 atom stereocenters. The Morgan fingerprint density at radius 3 is 1.81 bits per heavy atom. The van der Waals surface area contributed by atoms with Crippen LogP contribution in [-0.2, 0) is 33.3 Å². The molecule has 0 aromatic heterocycles. The van der Waals surface area contributed by atoms with Crippen molar-refractivity contribution >= 4 is 18.0 Å². The van der Waals surface area contributed by atoms with Crippen LogP contribution in [0.25, 0.3) is 0 Å². The van der Waals surface area contributed by atoms with Gasteiger partial charge in [-0.05, 0) is 51.9 Å². The van der Waals surface area contributed by atoms with E-state index >= 15 is 0 Å². The van der Waals surface area contributed by atoms with Crippen molar-refractivity contribution in [3.63, 3.8) is 0 Å². The number of carbonyl (C=O) groups excluding carboxylic acids is 3. The number of ether oxygens (including phenoxy) is 4. The van der Waals surface area contributed by atoms with E-state index in [4.69, 9.17) is 18.9 Å². The number of aliphatic hydroxyl groups is 8. The van der Waals surface area contributed by atoms with Gasteiger partial charge in [0.05, 0.1) is 19.3 Å². The Bertz CT molecular complexity index is 913. The van der Waals surface area contributed by atoms with E-state index in [9.17, 15) is 55.2 Å². The van der Waals surface area contributed by atoms with Gasteiger partial charge in [-0.1, -0.05) is 0 Å². The summed E-state index contributed by atoms with van der Waals surface area (Å²) in [5, 5.41) is 83.7. The second-order valence-corrected chi connectivity index (χ2v) is 12.0. The molecular formula is C30H54N2O15. The minimum Gasteiger partial charge on any atom is -0.394 e. The summed E-state index contributed by atoms with van der Waals surface area (Å²) in [4.78, 5) is 35.9. The molecule has 0 aromatic carbocycles. The topological polar surface area (TPSA) is 274 Å². The lowest BCUT2D eigenvalue weighted by molar-refractivity contribution is -0.301. The molecule has 2 heterocycles. The van der Waals surface area contributed by atoms with Crippen molar-refractivity contribution in [3.8, 4) is 0 Å². The highest BCUT2D eigenvalue weighted by Gasteiger charge is 2.45. The number of aldehydes is 1. The molecule has 10 N–H and O–H groups in total. The summed E-state index contributed by atoms with van der Waals surface area (Å²) in [7, 11) is 0. The summed E-state index contributed by atoms with van der Waals surface area (Å²) < 4.78 is 21.4. The Labute approximate surface area is 274 Å². The fraction of sp³-hybridized carbons (Fsp3) is 0.900. The number of amides is 1. The first-order valence-corrected chi connectivity index (χ1v) is 16.2. The molecule has 274 valence electrons. The highest BCUT2D eigenvalue weighted by Crippen LogP contribution is 2.23. The van der Waals surface area contributed by atoms with Crippen molar-refractivity contribution < 1.29 is 74.2 Å². The van der Waals surface area contributed by atoms with Crippen molar-refractivity contribution in [2.75, 3.05) is 39.5 Å². The van der Waals surface area contributed by atoms with Crippen LogP contribution in [0.2, 0.25) is 0 Å². The van der Waals surface area contributed by atoms with Crippen molar-refractivity contribution in [2.45, 2.75) is 126 Å². The largest absolute Gasteiger partial charge is 0.394 e. The van der Waals surface area contributed by atoms with Crippen LogP contribution in [0, 0.1) is 5.92 Å². The molecule has 0 bridgehead atoms. The zero-order valence-corrected chi connectivity index (χ0v) is 26.8. The maximum Gasteiger partial charge on any atom is 0.219 e. The van der Waals surface area contributed by atoms with E-state index in [-0.39, 0.29) is 37.9 Å². The van der Waals surface area contributed by atoms with Crippen LogP contribution in [0.3, 0.4) is 0 Å². The first kappa shape index (κ1) is 41.5. The molecule has 17 nitrogen and oxygen atoms in total. The number of carbonyl (C=O) groups is 3. The van der Waals surface area contributed by atoms with Gasteiger partial charge >= 0.3 is 0 Å². The number of rotatable bonds is 23. The highest BCUT2D eigenvalue weighted by molar-refractivity contribution is 5.81. The van der Waals surface area contributed by atoms with Crippen LogP contribution >= 0.6 is 0 Å². The first-order chi connectivity index (χ1) is 22.4. The van der Waals surface area contributed by atoms with Crippen LogP contribution in [-0.4, -0.2) is 166 Å². The van der Waals surface area contributed by atoms with E-state index < -0.39 is 86.6 Å². The lowest BCUT2D eigenvalue weighted by Gasteiger charge is -2.39. The third-order valence-electron chi connectivity index (χ3n) is 8.33. The van der Waals surface area contributed by atoms with Crippen LogP contribution < -0.4 is 10.6 Å². The van der Waals surface area contributed by atoms with Gasteiger partial charge in [0.15, 0.2) is 12.6 Å². The van der Waals surface area contributed by atoms with Gasteiger partial charge in [0, 0.05) is 38.6 Å². The van der Waals surface area contributed by atoms with E-state index in [1.807, 2.05) is 0 Å². The van der Waals surface area contributed by atoms with Crippen LogP contribution in [0.4, 0.5) is 0 Å². The normalized spacial score (nSPS) is 32.4. The number of hydrogen-bond donors (Lipinski definition) is 10. The number of aliphatic hydroxyl groups excluding tert-OH is 8. The third kappa shape index (κ3) is 13.6. The summed E-state index contributed by atoms with van der Waals surface area (Å²) in [6.07, 6.45) is -8.86. The lowest BCUT2D eigenvalue weighted by atomic mass is 9.99. The zero-order chi connectivity index (χ0) is 34.9. The molecule has 1 amide bonds. The Balaban J connectivity index is 1.55. The van der Waals surface area contributed by atoms with E-state index in [1.165, 1.54) is 6.92 Å². The number of ketones is 1. The maximum atomic E-state index is 12.1. The van der Waals surface area contributed by atoms with Crippen LogP contribution in [0.1, 0.15) is 58.3 Å². The number of unbranched alkanes of at least 4 members (excludes halogenated alkanes) is 2. The van der Waals surface area contributed by atoms with Gasteiger partial charge < -0.3 is 75.2 Å². The second-order valence-electron chi connectivity index (χ2n) is 12.0. The molecular weight excluding hydrogens is 628 g/mol. The van der Waals surface area contributed by atoms with Crippen molar-refractivity contribution in [1.82, 2.24) is 10.6 Å². The molecule has 2 aliphatic rings. The monoisotopic (exact) mass is 682 g/mol. The summed E-state index contributed by atoms with van der Waals surface area (Å²) in [5.41, 5.74) is 0. The molecule has 0 aromatic rings. The Kier molecular flexibility index (Phi) is 19.5. The highest BCUT2D eigenvalue weighted by atomic mass is 16.7. The Morgan fingerprint density at radius 2 is 1.30 bits per heavy atom. The summed E-state index contributed by atoms with van der Waals surface area (Å²) in [6, 6.07) is -0.456. The van der Waals surface area contributed by atoms with Gasteiger partial charge in [-0.3, -0.25) is 9.59 Å². The fourth-order valence-corrected chi connectivity index (χ4v) is 5.29. The van der Waals surface area contributed by atoms with E-state index in [2.05, 4.69) is 10.6 Å². The third-order valence-corrected chi connectivity index (χ3v) is 8.33. The Hall–Kier alpha value is -1.71. The second kappa shape index (κ2) is 22.1. The average Bonchev–Trinajstić information content (AvgIpc) is 3.06. The fourth-order valence-electron chi connectivity index (χ4n) is 5.29. The molecule has 2 saturated heterocycles. The molecule has 2 fully saturated rings. The van der Waals surface area contributed by atoms with Crippen LogP contribution in [0.5, 0.6) is 0 Å². The molecule has 47 heavy (non-hydrogen) atoms. The zero-order valence-electron chi connectivity index (χ0n) is 26.8. The predicted octanol–water partition coefficient (Wildman–Crippen LogP) is -3.78. The molecule has 12 unspecified atom stereocenters. The number of nitrogens with one attached hydrogen (secondary N) is 2. The summed E-state index contributed by atoms with van der Waals surface area (Å²) >= 11 is 0. The smallest absolute Gasteiger partial charge is 0.219 e. The molecule has 2 aliphatic heterocycles. The molecule has 0 radical (unpaired) electrons. The Morgan fingerprint density at radius 1 is 0.745 bits per heavy atom. The average molecular weight is 683 g/mol. The molecule has 2 rings (SSSR count). The van der Waals surface area contributed by atoms with Crippen molar-refractivity contribution in [3.05, 3.63) is 0 Å². The summed E-state index contributed by atoms with van der Waals surface area (Å²) in [6.45, 7) is 1.27. The van der Waals surface area contributed by atoms with Crippen molar-refractivity contribution in [1.29, 1.82) is 0 Å². The van der Waals surface area contributed by atoms with Gasteiger partial charge in [-0.2, -0.15) is 0 Å². The van der Waals surface area contributed by atoms with Crippen molar-refractivity contribution in [2.24, 2.45) is 5.92 Å². The standard InChI is InChI=1S/C30H54N2O15/c1-17(36)19(32-13-18(14-33)7-6-12-45-30-28(43)26(41)24(39)21(16-35)47-30)8-2-4-10-31-22(37)9-3-5-11-44-29-27(42)25(40)23(38)20(15-34)46-29/h14,18-21,23-30,32,34-35,38-43H,2-13,15-16H2,1H3,(H,31,37). The van der Waals surface area contributed by atoms with E-state index in [0.29, 0.717) is 51.5 Å². The van der Waals surface area contributed by atoms with Gasteiger partial charge in [0.25, 0.3) is 0 Å². The van der Waals surface area contributed by atoms with Gasteiger partial charge in [-0.25, -0.2) is 0 Å². The SMILES string of the molecule is CC(=O)C(CCCCNC(=O)CCCCOC1OC(CO)C(O)C(O)C1O)NCC(C=O)CCCOC1OC(CO)C(O)C(O)C1O. The molecule has 0 saturated carbocycles. The predicted molar refractivity (Wildman–Crippen MR) is 161 cm³/mol. The maximum absolute atomic E-state index is 12.1. The van der Waals surface area contributed by atoms with Gasteiger partial charge in [0.2, 0.25) is 5.91 Å². The first-order valence-electron chi connectivity index (χ1n) is 16.2. The number of Topliss-reactive ketones (excluding diaryl/α,β-unsaturated/α-hetero) is 1. The quantitative estimate of drug-likeness (QED) is 0.0366. The van der Waals surface area contributed by atoms with Gasteiger partial charge in [0.1, 0.15) is 60.9 Å². The minimum atomic E-state index is -1.54. The van der Waals surface area contributed by atoms with E-state index in [1.54, 1.807) is 0 Å². The molecule has 0 spiro atoms. The summed E-state index contributed by atoms with van der Waals surface area (Å²) in [5.74, 6) is -0.629.